The lowest BCUT2D eigenvalue weighted by Gasteiger charge is -2.31. The molecule has 1 aliphatic rings. The first-order valence-corrected chi connectivity index (χ1v) is 5.28. The third-order valence-electron chi connectivity index (χ3n) is 2.87. The summed E-state index contributed by atoms with van der Waals surface area (Å²) in [7, 11) is 0. The van der Waals surface area contributed by atoms with E-state index in [2.05, 4.69) is 23.2 Å². The van der Waals surface area contributed by atoms with E-state index in [1.165, 1.54) is 0 Å². The molecule has 0 aromatic carbocycles. The van der Waals surface area contributed by atoms with Gasteiger partial charge in [-0.3, -0.25) is 4.90 Å². The normalized spacial score (nSPS) is 21.0. The van der Waals surface area contributed by atoms with E-state index in [0.717, 1.165) is 37.7 Å². The number of aryl methyl sites for hydroxylation is 1. The van der Waals surface area contributed by atoms with Gasteiger partial charge in [-0.15, -0.1) is 0 Å². The monoisotopic (exact) mass is 194 g/mol. The maximum Gasteiger partial charge on any atom is 0.121 e. The van der Waals surface area contributed by atoms with Crippen LogP contribution >= 0.6 is 0 Å². The highest BCUT2D eigenvalue weighted by molar-refractivity contribution is 5.09. The van der Waals surface area contributed by atoms with Gasteiger partial charge in [-0.2, -0.15) is 0 Å². The van der Waals surface area contributed by atoms with Gasteiger partial charge in [-0.05, 0) is 26.0 Å². The van der Waals surface area contributed by atoms with E-state index in [1.807, 2.05) is 13.0 Å². The second-order valence-electron chi connectivity index (χ2n) is 3.91. The zero-order chi connectivity index (χ0) is 9.97. The highest BCUT2D eigenvalue weighted by atomic mass is 16.3. The molecule has 1 atom stereocenters. The molecule has 14 heavy (non-hydrogen) atoms. The lowest BCUT2D eigenvalue weighted by Crippen LogP contribution is -2.44. The predicted molar refractivity (Wildman–Crippen MR) is 56.3 cm³/mol. The van der Waals surface area contributed by atoms with Crippen molar-refractivity contribution in [1.29, 1.82) is 0 Å². The van der Waals surface area contributed by atoms with E-state index in [9.17, 15) is 0 Å². The minimum atomic E-state index is 0.408. The number of hydrogen-bond donors (Lipinski definition) is 1. The topological polar surface area (TPSA) is 28.4 Å². The fourth-order valence-corrected chi connectivity index (χ4v) is 1.93. The van der Waals surface area contributed by atoms with Crippen LogP contribution in [-0.4, -0.2) is 31.1 Å². The Morgan fingerprint density at radius 2 is 2.07 bits per heavy atom. The molecule has 0 spiro atoms. The average molecular weight is 194 g/mol. The van der Waals surface area contributed by atoms with Crippen molar-refractivity contribution in [3.8, 4) is 0 Å². The number of rotatable bonds is 2. The number of nitrogens with one attached hydrogen (secondary N) is 1. The van der Waals surface area contributed by atoms with Crippen LogP contribution in [0.4, 0.5) is 0 Å². The molecule has 0 radical (unpaired) electrons. The van der Waals surface area contributed by atoms with Gasteiger partial charge in [-0.25, -0.2) is 0 Å². The summed E-state index contributed by atoms with van der Waals surface area (Å²) in [6.07, 6.45) is 0. The Labute approximate surface area is 85.1 Å². The van der Waals surface area contributed by atoms with Gasteiger partial charge in [0.1, 0.15) is 11.5 Å². The maximum atomic E-state index is 5.64. The summed E-state index contributed by atoms with van der Waals surface area (Å²) in [5.74, 6) is 2.09. The molecule has 1 aromatic rings. The van der Waals surface area contributed by atoms with Gasteiger partial charge in [0.15, 0.2) is 0 Å². The molecule has 0 amide bonds. The van der Waals surface area contributed by atoms with E-state index < -0.39 is 0 Å². The van der Waals surface area contributed by atoms with Crippen LogP contribution < -0.4 is 5.32 Å². The first-order valence-electron chi connectivity index (χ1n) is 5.28. The summed E-state index contributed by atoms with van der Waals surface area (Å²) in [4.78, 5) is 2.45. The molecule has 0 aliphatic carbocycles. The van der Waals surface area contributed by atoms with Crippen LogP contribution in [0.3, 0.4) is 0 Å². The van der Waals surface area contributed by atoms with Gasteiger partial charge in [0.05, 0.1) is 6.04 Å². The van der Waals surface area contributed by atoms with Crippen molar-refractivity contribution in [3.63, 3.8) is 0 Å². The molecule has 2 rings (SSSR count). The Bertz CT molecular complexity index is 289. The van der Waals surface area contributed by atoms with E-state index >= 15 is 0 Å². The highest BCUT2D eigenvalue weighted by Crippen LogP contribution is 2.22. The molecule has 0 bridgehead atoms. The maximum absolute atomic E-state index is 5.64. The Hall–Kier alpha value is -0.800. The van der Waals surface area contributed by atoms with E-state index in [0.29, 0.717) is 6.04 Å². The summed E-state index contributed by atoms with van der Waals surface area (Å²) in [5, 5.41) is 3.35. The SMILES string of the molecule is Cc1ccc([C@@H](C)N2CCNCC2)o1. The third-order valence-corrected chi connectivity index (χ3v) is 2.87. The molecule has 1 saturated heterocycles. The highest BCUT2D eigenvalue weighted by Gasteiger charge is 2.19. The molecule has 3 nitrogen and oxygen atoms in total. The molecule has 0 unspecified atom stereocenters. The van der Waals surface area contributed by atoms with Crippen molar-refractivity contribution < 1.29 is 4.42 Å². The van der Waals surface area contributed by atoms with Crippen LogP contribution in [0, 0.1) is 6.92 Å². The molecule has 1 N–H and O–H groups in total. The molecule has 0 saturated carbocycles. The van der Waals surface area contributed by atoms with E-state index in [1.54, 1.807) is 0 Å². The minimum Gasteiger partial charge on any atom is -0.465 e. The molecule has 2 heterocycles. The summed E-state index contributed by atoms with van der Waals surface area (Å²) in [6, 6.07) is 4.53. The van der Waals surface area contributed by atoms with Crippen molar-refractivity contribution in [2.24, 2.45) is 0 Å². The number of furan rings is 1. The van der Waals surface area contributed by atoms with Crippen molar-refractivity contribution in [2.45, 2.75) is 19.9 Å². The van der Waals surface area contributed by atoms with Crippen LogP contribution in [-0.2, 0) is 0 Å². The van der Waals surface area contributed by atoms with Gasteiger partial charge >= 0.3 is 0 Å². The molecule has 1 aromatic heterocycles. The second kappa shape index (κ2) is 4.15. The Balaban J connectivity index is 2.03. The van der Waals surface area contributed by atoms with Crippen molar-refractivity contribution in [2.75, 3.05) is 26.2 Å². The smallest absolute Gasteiger partial charge is 0.121 e. The minimum absolute atomic E-state index is 0.408. The predicted octanol–water partition coefficient (Wildman–Crippen LogP) is 1.55. The Kier molecular flexibility index (Phi) is 2.89. The largest absolute Gasteiger partial charge is 0.465 e. The Morgan fingerprint density at radius 1 is 1.36 bits per heavy atom. The first kappa shape index (κ1) is 9.74. The summed E-state index contributed by atoms with van der Waals surface area (Å²) in [5.41, 5.74) is 0. The Morgan fingerprint density at radius 3 is 2.64 bits per heavy atom. The van der Waals surface area contributed by atoms with Crippen LogP contribution in [0.1, 0.15) is 24.5 Å². The average Bonchev–Trinajstić information content (AvgIpc) is 2.65. The number of hydrogen-bond acceptors (Lipinski definition) is 3. The van der Waals surface area contributed by atoms with Gasteiger partial charge in [-0.1, -0.05) is 0 Å². The lowest BCUT2D eigenvalue weighted by molar-refractivity contribution is 0.166. The van der Waals surface area contributed by atoms with Crippen LogP contribution in [0.25, 0.3) is 0 Å². The third kappa shape index (κ3) is 1.99. The van der Waals surface area contributed by atoms with Crippen molar-refractivity contribution in [3.05, 3.63) is 23.7 Å². The molecular weight excluding hydrogens is 176 g/mol. The van der Waals surface area contributed by atoms with Crippen molar-refractivity contribution in [1.82, 2.24) is 10.2 Å². The molecular formula is C11H18N2O. The molecule has 1 fully saturated rings. The zero-order valence-corrected chi connectivity index (χ0v) is 8.92. The fraction of sp³-hybridized carbons (Fsp3) is 0.636. The molecule has 3 heteroatoms. The summed E-state index contributed by atoms with van der Waals surface area (Å²) in [6.45, 7) is 8.60. The fourth-order valence-electron chi connectivity index (χ4n) is 1.93. The van der Waals surface area contributed by atoms with Gasteiger partial charge in [0.25, 0.3) is 0 Å². The number of piperazine rings is 1. The van der Waals surface area contributed by atoms with Gasteiger partial charge in [0, 0.05) is 26.2 Å². The first-order chi connectivity index (χ1) is 6.77. The summed E-state index contributed by atoms with van der Waals surface area (Å²) < 4.78 is 5.64. The quantitative estimate of drug-likeness (QED) is 0.774. The number of nitrogens with zero attached hydrogens (tertiary/aromatic N) is 1. The van der Waals surface area contributed by atoms with Gasteiger partial charge in [0.2, 0.25) is 0 Å². The molecule has 1 aliphatic heterocycles. The van der Waals surface area contributed by atoms with Crippen LogP contribution in [0.2, 0.25) is 0 Å². The van der Waals surface area contributed by atoms with Crippen LogP contribution in [0.5, 0.6) is 0 Å². The van der Waals surface area contributed by atoms with Gasteiger partial charge < -0.3 is 9.73 Å². The zero-order valence-electron chi connectivity index (χ0n) is 8.92. The molecule has 78 valence electrons. The second-order valence-corrected chi connectivity index (χ2v) is 3.91. The lowest BCUT2D eigenvalue weighted by atomic mass is 10.2. The summed E-state index contributed by atoms with van der Waals surface area (Å²) >= 11 is 0. The van der Waals surface area contributed by atoms with Crippen LogP contribution in [0.15, 0.2) is 16.5 Å². The van der Waals surface area contributed by atoms with Crippen molar-refractivity contribution >= 4 is 0 Å². The standard InChI is InChI=1S/C11H18N2O/c1-9-3-4-11(14-9)10(2)13-7-5-12-6-8-13/h3-4,10,12H,5-8H2,1-2H3/t10-/m1/s1. The van der Waals surface area contributed by atoms with E-state index in [4.69, 9.17) is 4.42 Å². The van der Waals surface area contributed by atoms with E-state index in [-0.39, 0.29) is 0 Å².